The first-order chi connectivity index (χ1) is 9.15. The van der Waals surface area contributed by atoms with Gasteiger partial charge in [0.1, 0.15) is 22.4 Å². The molecule has 1 rings (SSSR count). The largest absolute Gasteiger partial charge is 0.380 e. The number of hydrogen-bond acceptors (Lipinski definition) is 5. The molecule has 6 heteroatoms. The maximum atomic E-state index is 5.55. The molecule has 19 heavy (non-hydrogen) atoms. The van der Waals surface area contributed by atoms with E-state index in [1.165, 1.54) is 0 Å². The van der Waals surface area contributed by atoms with Crippen LogP contribution in [-0.4, -0.2) is 36.3 Å². The minimum absolute atomic E-state index is 0.680. The zero-order chi connectivity index (χ0) is 14.1. The van der Waals surface area contributed by atoms with Crippen molar-refractivity contribution in [2.75, 3.05) is 36.9 Å². The van der Waals surface area contributed by atoms with Crippen LogP contribution < -0.4 is 10.6 Å². The molecule has 1 aromatic heterocycles. The fraction of sp³-hybridized carbons (Fsp3) is 0.692. The van der Waals surface area contributed by atoms with Crippen LogP contribution in [0.4, 0.5) is 11.6 Å². The number of rotatable bonds is 9. The molecule has 0 saturated heterocycles. The number of aromatic nitrogens is 2. The van der Waals surface area contributed by atoms with Gasteiger partial charge in [0.05, 0.1) is 6.61 Å². The summed E-state index contributed by atoms with van der Waals surface area (Å²) in [4.78, 5) is 8.37. The van der Waals surface area contributed by atoms with E-state index < -0.39 is 0 Å². The van der Waals surface area contributed by atoms with E-state index in [1.54, 1.807) is 6.33 Å². The Morgan fingerprint density at radius 3 is 2.53 bits per heavy atom. The van der Waals surface area contributed by atoms with E-state index in [2.05, 4.69) is 50.4 Å². The summed E-state index contributed by atoms with van der Waals surface area (Å²) in [5.41, 5.74) is 0. The van der Waals surface area contributed by atoms with Crippen molar-refractivity contribution in [1.29, 1.82) is 0 Å². The van der Waals surface area contributed by atoms with Gasteiger partial charge in [0.2, 0.25) is 0 Å². The lowest BCUT2D eigenvalue weighted by Gasteiger charge is -2.11. The Bertz CT molecular complexity index is 374. The summed E-state index contributed by atoms with van der Waals surface area (Å²) in [6, 6.07) is 0. The van der Waals surface area contributed by atoms with Crippen LogP contribution >= 0.6 is 15.9 Å². The molecule has 1 heterocycles. The number of nitrogens with zero attached hydrogens (tertiary/aromatic N) is 2. The van der Waals surface area contributed by atoms with Crippen molar-refractivity contribution in [2.24, 2.45) is 5.92 Å². The first kappa shape index (κ1) is 16.2. The van der Waals surface area contributed by atoms with Gasteiger partial charge in [0, 0.05) is 19.7 Å². The van der Waals surface area contributed by atoms with Crippen molar-refractivity contribution in [3.63, 3.8) is 0 Å². The molecule has 0 unspecified atom stereocenters. The minimum atomic E-state index is 0.680. The normalized spacial score (nSPS) is 10.8. The highest BCUT2D eigenvalue weighted by Gasteiger charge is 2.06. The molecule has 0 saturated carbocycles. The first-order valence-electron chi connectivity index (χ1n) is 6.71. The Labute approximate surface area is 123 Å². The SMILES string of the molecule is CCNc1ncnc(NCCOCCC(C)C)c1Br. The van der Waals surface area contributed by atoms with E-state index in [0.29, 0.717) is 12.5 Å². The minimum Gasteiger partial charge on any atom is -0.380 e. The summed E-state index contributed by atoms with van der Waals surface area (Å²) < 4.78 is 6.41. The third kappa shape index (κ3) is 6.20. The van der Waals surface area contributed by atoms with Crippen molar-refractivity contribution < 1.29 is 4.74 Å². The standard InChI is InChI=1S/C13H23BrN4O/c1-4-15-12-11(14)13(18-9-17-12)16-6-8-19-7-5-10(2)3/h9-10H,4-8H2,1-3H3,(H2,15,16,17,18). The van der Waals surface area contributed by atoms with Crippen LogP contribution in [0.3, 0.4) is 0 Å². The van der Waals surface area contributed by atoms with Gasteiger partial charge >= 0.3 is 0 Å². The van der Waals surface area contributed by atoms with Gasteiger partial charge in [0.15, 0.2) is 0 Å². The topological polar surface area (TPSA) is 59.1 Å². The second-order valence-corrected chi connectivity index (χ2v) is 5.43. The first-order valence-corrected chi connectivity index (χ1v) is 7.50. The molecule has 0 aliphatic rings. The van der Waals surface area contributed by atoms with Gasteiger partial charge in [-0.3, -0.25) is 0 Å². The predicted octanol–water partition coefficient (Wildman–Crippen LogP) is 3.15. The summed E-state index contributed by atoms with van der Waals surface area (Å²) in [6.07, 6.45) is 2.65. The van der Waals surface area contributed by atoms with Gasteiger partial charge < -0.3 is 15.4 Å². The van der Waals surface area contributed by atoms with Crippen molar-refractivity contribution in [3.05, 3.63) is 10.8 Å². The molecule has 0 atom stereocenters. The van der Waals surface area contributed by atoms with Crippen molar-refractivity contribution in [2.45, 2.75) is 27.2 Å². The van der Waals surface area contributed by atoms with Crippen LogP contribution in [0, 0.1) is 5.92 Å². The number of nitrogens with one attached hydrogen (secondary N) is 2. The fourth-order valence-corrected chi connectivity index (χ4v) is 1.93. The second-order valence-electron chi connectivity index (χ2n) is 4.64. The molecule has 0 spiro atoms. The quantitative estimate of drug-likeness (QED) is 0.681. The number of anilines is 2. The number of hydrogen-bond donors (Lipinski definition) is 2. The zero-order valence-corrected chi connectivity index (χ0v) is 13.5. The van der Waals surface area contributed by atoms with E-state index in [1.807, 2.05) is 6.92 Å². The van der Waals surface area contributed by atoms with Crippen molar-refractivity contribution >= 4 is 27.6 Å². The van der Waals surface area contributed by atoms with Crippen LogP contribution in [-0.2, 0) is 4.74 Å². The lowest BCUT2D eigenvalue weighted by molar-refractivity contribution is 0.132. The number of ether oxygens (including phenoxy) is 1. The van der Waals surface area contributed by atoms with Crippen molar-refractivity contribution in [3.8, 4) is 0 Å². The maximum absolute atomic E-state index is 5.55. The molecular formula is C13H23BrN4O. The van der Waals surface area contributed by atoms with Crippen LogP contribution in [0.25, 0.3) is 0 Å². The Balaban J connectivity index is 2.31. The van der Waals surface area contributed by atoms with E-state index in [9.17, 15) is 0 Å². The lowest BCUT2D eigenvalue weighted by Crippen LogP contribution is -2.13. The number of halogens is 1. The fourth-order valence-electron chi connectivity index (χ4n) is 1.45. The molecule has 5 nitrogen and oxygen atoms in total. The maximum Gasteiger partial charge on any atom is 0.146 e. The van der Waals surface area contributed by atoms with Gasteiger partial charge in [0.25, 0.3) is 0 Å². The van der Waals surface area contributed by atoms with E-state index >= 15 is 0 Å². The Morgan fingerprint density at radius 2 is 1.89 bits per heavy atom. The van der Waals surface area contributed by atoms with Gasteiger partial charge in [-0.15, -0.1) is 0 Å². The summed E-state index contributed by atoms with van der Waals surface area (Å²) in [6.45, 7) is 9.48. The van der Waals surface area contributed by atoms with Gasteiger partial charge in [-0.05, 0) is 35.2 Å². The zero-order valence-electron chi connectivity index (χ0n) is 11.9. The third-order valence-electron chi connectivity index (χ3n) is 2.51. The molecule has 0 aromatic carbocycles. The average molecular weight is 331 g/mol. The molecule has 0 radical (unpaired) electrons. The second kappa shape index (κ2) is 9.09. The smallest absolute Gasteiger partial charge is 0.146 e. The van der Waals surface area contributed by atoms with Crippen LogP contribution in [0.15, 0.2) is 10.8 Å². The van der Waals surface area contributed by atoms with Gasteiger partial charge in [-0.2, -0.15) is 0 Å². The Morgan fingerprint density at radius 1 is 1.21 bits per heavy atom. The van der Waals surface area contributed by atoms with E-state index in [-0.39, 0.29) is 0 Å². The van der Waals surface area contributed by atoms with Crippen LogP contribution in [0.2, 0.25) is 0 Å². The molecule has 0 amide bonds. The van der Waals surface area contributed by atoms with Crippen LogP contribution in [0.1, 0.15) is 27.2 Å². The highest BCUT2D eigenvalue weighted by Crippen LogP contribution is 2.25. The molecule has 0 aliphatic carbocycles. The van der Waals surface area contributed by atoms with Gasteiger partial charge in [-0.25, -0.2) is 9.97 Å². The summed E-state index contributed by atoms with van der Waals surface area (Å²) in [7, 11) is 0. The Hall–Kier alpha value is -0.880. The third-order valence-corrected chi connectivity index (χ3v) is 3.26. The predicted molar refractivity (Wildman–Crippen MR) is 82.7 cm³/mol. The molecule has 0 aliphatic heterocycles. The van der Waals surface area contributed by atoms with E-state index in [0.717, 1.165) is 42.2 Å². The molecule has 1 aromatic rings. The van der Waals surface area contributed by atoms with Crippen molar-refractivity contribution in [1.82, 2.24) is 9.97 Å². The summed E-state index contributed by atoms with van der Waals surface area (Å²) in [5, 5.41) is 6.41. The average Bonchev–Trinajstić information content (AvgIpc) is 2.37. The molecule has 0 fully saturated rings. The Kier molecular flexibility index (Phi) is 7.74. The summed E-state index contributed by atoms with van der Waals surface area (Å²) in [5.74, 6) is 2.28. The molecular weight excluding hydrogens is 308 g/mol. The summed E-state index contributed by atoms with van der Waals surface area (Å²) >= 11 is 3.49. The highest BCUT2D eigenvalue weighted by atomic mass is 79.9. The van der Waals surface area contributed by atoms with E-state index in [4.69, 9.17) is 4.74 Å². The monoisotopic (exact) mass is 330 g/mol. The molecule has 108 valence electrons. The van der Waals surface area contributed by atoms with Gasteiger partial charge in [-0.1, -0.05) is 13.8 Å². The van der Waals surface area contributed by atoms with Crippen LogP contribution in [0.5, 0.6) is 0 Å². The molecule has 0 bridgehead atoms. The lowest BCUT2D eigenvalue weighted by atomic mass is 10.1. The molecule has 2 N–H and O–H groups in total. The highest BCUT2D eigenvalue weighted by molar-refractivity contribution is 9.10.